The van der Waals surface area contributed by atoms with Gasteiger partial charge in [0, 0.05) is 12.3 Å². The lowest BCUT2D eigenvalue weighted by molar-refractivity contribution is -0.385. The van der Waals surface area contributed by atoms with Crippen LogP contribution in [0.5, 0.6) is 0 Å². The maximum atomic E-state index is 10.7. The van der Waals surface area contributed by atoms with Crippen molar-refractivity contribution in [1.29, 1.82) is 0 Å². The van der Waals surface area contributed by atoms with E-state index in [1.165, 1.54) is 6.07 Å². The van der Waals surface area contributed by atoms with E-state index in [0.717, 1.165) is 18.0 Å². The Balaban J connectivity index is 2.44. The van der Waals surface area contributed by atoms with Crippen LogP contribution in [-0.2, 0) is 0 Å². The van der Waals surface area contributed by atoms with Crippen LogP contribution < -0.4 is 5.73 Å². The minimum atomic E-state index is -0.601. The predicted octanol–water partition coefficient (Wildman–Crippen LogP) is 1.63. The average Bonchev–Trinajstić information content (AvgIpc) is 2.47. The Morgan fingerprint density at radius 1 is 1.45 bits per heavy atom. The molecule has 0 aliphatic rings. The van der Waals surface area contributed by atoms with Crippen molar-refractivity contribution in [2.24, 2.45) is 10.9 Å². The van der Waals surface area contributed by atoms with Gasteiger partial charge in [0.2, 0.25) is 0 Å². The van der Waals surface area contributed by atoms with Crippen molar-refractivity contribution in [3.8, 4) is 0 Å². The van der Waals surface area contributed by atoms with Crippen LogP contribution in [0.1, 0.15) is 5.56 Å². The van der Waals surface area contributed by atoms with Gasteiger partial charge >= 0.3 is 0 Å². The second-order valence-electron chi connectivity index (χ2n) is 3.56. The third kappa shape index (κ3) is 3.01. The molecule has 0 aliphatic carbocycles. The molecule has 0 bridgehead atoms. The third-order valence-corrected chi connectivity index (χ3v) is 3.24. The standard InChI is InChI=1S/C11H9N5O3S/c12-10(15-17)8-5-7(16(18)19)6-14-11(8)20-9-3-1-2-4-13-9/h1-6,17H,(H2,12,15). The first-order valence-corrected chi connectivity index (χ1v) is 6.14. The Hall–Kier alpha value is -2.68. The summed E-state index contributed by atoms with van der Waals surface area (Å²) in [5, 5.41) is 23.4. The largest absolute Gasteiger partial charge is 0.409 e. The Morgan fingerprint density at radius 3 is 2.85 bits per heavy atom. The van der Waals surface area contributed by atoms with E-state index in [-0.39, 0.29) is 17.1 Å². The normalized spacial score (nSPS) is 11.3. The first-order chi connectivity index (χ1) is 9.61. The smallest absolute Gasteiger partial charge is 0.288 e. The molecule has 0 atom stereocenters. The number of nitrogens with two attached hydrogens (primary N) is 1. The zero-order chi connectivity index (χ0) is 14.5. The molecule has 2 aromatic heterocycles. The molecule has 2 rings (SSSR count). The maximum absolute atomic E-state index is 10.7. The van der Waals surface area contributed by atoms with Gasteiger partial charge in [-0.3, -0.25) is 10.1 Å². The van der Waals surface area contributed by atoms with E-state index in [4.69, 9.17) is 10.9 Å². The van der Waals surface area contributed by atoms with Gasteiger partial charge in [-0.05, 0) is 23.9 Å². The van der Waals surface area contributed by atoms with E-state index in [0.29, 0.717) is 10.1 Å². The SMILES string of the molecule is NC(=NO)c1cc([N+](=O)[O-])cnc1Sc1ccccn1. The summed E-state index contributed by atoms with van der Waals surface area (Å²) in [6, 6.07) is 6.51. The first kappa shape index (κ1) is 13.7. The first-order valence-electron chi connectivity index (χ1n) is 5.33. The average molecular weight is 291 g/mol. The summed E-state index contributed by atoms with van der Waals surface area (Å²) in [6.45, 7) is 0. The highest BCUT2D eigenvalue weighted by Crippen LogP contribution is 2.28. The number of amidine groups is 1. The molecule has 2 aromatic rings. The molecular weight excluding hydrogens is 282 g/mol. The Morgan fingerprint density at radius 2 is 2.25 bits per heavy atom. The van der Waals surface area contributed by atoms with Crippen LogP contribution in [0.2, 0.25) is 0 Å². The molecule has 8 nitrogen and oxygen atoms in total. The van der Waals surface area contributed by atoms with Gasteiger partial charge < -0.3 is 10.9 Å². The predicted molar refractivity (Wildman–Crippen MR) is 71.8 cm³/mol. The zero-order valence-electron chi connectivity index (χ0n) is 10.0. The Bertz CT molecular complexity index is 662. The molecule has 0 spiro atoms. The second-order valence-corrected chi connectivity index (χ2v) is 4.57. The minimum absolute atomic E-state index is 0.178. The lowest BCUT2D eigenvalue weighted by Crippen LogP contribution is -2.15. The van der Waals surface area contributed by atoms with E-state index in [1.54, 1.807) is 24.4 Å². The monoisotopic (exact) mass is 291 g/mol. The number of hydrogen-bond acceptors (Lipinski definition) is 7. The summed E-state index contributed by atoms with van der Waals surface area (Å²) in [5.74, 6) is -0.250. The van der Waals surface area contributed by atoms with Crippen molar-refractivity contribution in [1.82, 2.24) is 9.97 Å². The fraction of sp³-hybridized carbons (Fsp3) is 0. The number of rotatable bonds is 4. The van der Waals surface area contributed by atoms with Crippen molar-refractivity contribution in [2.75, 3.05) is 0 Å². The molecule has 20 heavy (non-hydrogen) atoms. The fourth-order valence-corrected chi connectivity index (χ4v) is 2.20. The molecule has 0 aromatic carbocycles. The fourth-order valence-electron chi connectivity index (χ4n) is 1.37. The molecule has 0 aliphatic heterocycles. The van der Waals surface area contributed by atoms with Crippen LogP contribution in [-0.4, -0.2) is 25.9 Å². The Labute approximate surface area is 117 Å². The van der Waals surface area contributed by atoms with Crippen LogP contribution in [0.25, 0.3) is 0 Å². The number of nitrogens with zero attached hydrogens (tertiary/aromatic N) is 4. The lowest BCUT2D eigenvalue weighted by atomic mass is 10.2. The van der Waals surface area contributed by atoms with Gasteiger partial charge in [0.25, 0.3) is 5.69 Å². The van der Waals surface area contributed by atoms with Crippen molar-refractivity contribution in [3.63, 3.8) is 0 Å². The van der Waals surface area contributed by atoms with Crippen molar-refractivity contribution >= 4 is 23.3 Å². The Kier molecular flexibility index (Phi) is 4.11. The highest BCUT2D eigenvalue weighted by molar-refractivity contribution is 7.99. The molecule has 0 saturated heterocycles. The second kappa shape index (κ2) is 5.97. The van der Waals surface area contributed by atoms with Gasteiger partial charge in [0.05, 0.1) is 10.5 Å². The molecule has 3 N–H and O–H groups in total. The number of aromatic nitrogens is 2. The van der Waals surface area contributed by atoms with Gasteiger partial charge in [-0.15, -0.1) is 0 Å². The van der Waals surface area contributed by atoms with Crippen molar-refractivity contribution < 1.29 is 10.1 Å². The molecular formula is C11H9N5O3S. The van der Waals surface area contributed by atoms with Crippen LogP contribution in [0, 0.1) is 10.1 Å². The molecule has 102 valence electrons. The van der Waals surface area contributed by atoms with Gasteiger partial charge in [0.15, 0.2) is 5.84 Å². The number of nitro groups is 1. The van der Waals surface area contributed by atoms with E-state index in [9.17, 15) is 10.1 Å². The molecule has 2 heterocycles. The molecule has 0 saturated carbocycles. The maximum Gasteiger partial charge on any atom is 0.288 e. The summed E-state index contributed by atoms with van der Waals surface area (Å²) in [6.07, 6.45) is 2.72. The van der Waals surface area contributed by atoms with Crippen LogP contribution in [0.3, 0.4) is 0 Å². The minimum Gasteiger partial charge on any atom is -0.409 e. The molecule has 0 fully saturated rings. The summed E-state index contributed by atoms with van der Waals surface area (Å²) in [7, 11) is 0. The zero-order valence-corrected chi connectivity index (χ0v) is 10.8. The summed E-state index contributed by atoms with van der Waals surface area (Å²) in [4.78, 5) is 18.2. The number of oxime groups is 1. The molecule has 0 amide bonds. The van der Waals surface area contributed by atoms with E-state index in [1.807, 2.05) is 0 Å². The quantitative estimate of drug-likeness (QED) is 0.288. The van der Waals surface area contributed by atoms with E-state index in [2.05, 4.69) is 15.1 Å². The lowest BCUT2D eigenvalue weighted by Gasteiger charge is -2.06. The summed E-state index contributed by atoms with van der Waals surface area (Å²) < 4.78 is 0. The van der Waals surface area contributed by atoms with Crippen molar-refractivity contribution in [3.05, 3.63) is 52.3 Å². The van der Waals surface area contributed by atoms with Crippen LogP contribution >= 0.6 is 11.8 Å². The highest BCUT2D eigenvalue weighted by atomic mass is 32.2. The molecule has 0 unspecified atom stereocenters. The van der Waals surface area contributed by atoms with Crippen LogP contribution in [0.15, 0.2) is 51.9 Å². The van der Waals surface area contributed by atoms with Gasteiger partial charge in [-0.2, -0.15) is 0 Å². The third-order valence-electron chi connectivity index (χ3n) is 2.27. The van der Waals surface area contributed by atoms with Crippen LogP contribution in [0.4, 0.5) is 5.69 Å². The summed E-state index contributed by atoms with van der Waals surface area (Å²) >= 11 is 1.16. The summed E-state index contributed by atoms with van der Waals surface area (Å²) in [5.41, 5.74) is 5.46. The van der Waals surface area contributed by atoms with E-state index >= 15 is 0 Å². The highest BCUT2D eigenvalue weighted by Gasteiger charge is 2.16. The number of pyridine rings is 2. The van der Waals surface area contributed by atoms with Gasteiger partial charge in [0.1, 0.15) is 16.2 Å². The van der Waals surface area contributed by atoms with Gasteiger partial charge in [-0.25, -0.2) is 9.97 Å². The molecule has 0 radical (unpaired) electrons. The topological polar surface area (TPSA) is 128 Å². The number of hydrogen-bond donors (Lipinski definition) is 2. The van der Waals surface area contributed by atoms with Crippen molar-refractivity contribution in [2.45, 2.75) is 10.1 Å². The van der Waals surface area contributed by atoms with Gasteiger partial charge in [-0.1, -0.05) is 11.2 Å². The van der Waals surface area contributed by atoms with E-state index < -0.39 is 4.92 Å². The molecule has 9 heteroatoms.